The molecule has 1 rings (SSSR count). The number of hydrogen-bond acceptors (Lipinski definition) is 1. The zero-order chi connectivity index (χ0) is 8.86. The Labute approximate surface area is 76.0 Å². The molecule has 1 heteroatoms. The van der Waals surface area contributed by atoms with Crippen molar-refractivity contribution in [2.45, 2.75) is 45.4 Å². The molecule has 0 aliphatic heterocycles. The number of nitrogens with two attached hydrogens (primary N) is 1. The first kappa shape index (κ1) is 9.79. The van der Waals surface area contributed by atoms with Crippen molar-refractivity contribution < 1.29 is 0 Å². The summed E-state index contributed by atoms with van der Waals surface area (Å²) in [7, 11) is 0. The lowest BCUT2D eigenvalue weighted by Gasteiger charge is -2.27. The molecule has 1 aliphatic carbocycles. The van der Waals surface area contributed by atoms with Crippen LogP contribution >= 0.6 is 0 Å². The van der Waals surface area contributed by atoms with E-state index in [4.69, 9.17) is 5.73 Å². The van der Waals surface area contributed by atoms with Gasteiger partial charge in [0.25, 0.3) is 0 Å². The Bertz CT molecular complexity index is 137. The van der Waals surface area contributed by atoms with E-state index in [-0.39, 0.29) is 0 Å². The first-order chi connectivity index (χ1) is 5.77. The van der Waals surface area contributed by atoms with Gasteiger partial charge in [-0.05, 0) is 50.5 Å². The minimum atomic E-state index is 0.423. The number of rotatable bonds is 1. The topological polar surface area (TPSA) is 26.0 Å². The van der Waals surface area contributed by atoms with Crippen molar-refractivity contribution in [2.24, 2.45) is 11.1 Å². The molecule has 0 radical (unpaired) electrons. The van der Waals surface area contributed by atoms with E-state index in [1.165, 1.54) is 38.5 Å². The van der Waals surface area contributed by atoms with Gasteiger partial charge in [0, 0.05) is 0 Å². The predicted octanol–water partition coefficient (Wildman–Crippen LogP) is 2.86. The molecule has 0 spiro atoms. The lowest BCUT2D eigenvalue weighted by Crippen LogP contribution is -2.26. The summed E-state index contributed by atoms with van der Waals surface area (Å²) >= 11 is 0. The second-order valence-electron chi connectivity index (χ2n) is 4.27. The number of allylic oxidation sites excluding steroid dienone is 2. The van der Waals surface area contributed by atoms with Crippen LogP contribution in [0, 0.1) is 5.41 Å². The third-order valence-electron chi connectivity index (χ3n) is 2.96. The van der Waals surface area contributed by atoms with Crippen LogP contribution in [-0.2, 0) is 0 Å². The van der Waals surface area contributed by atoms with Crippen molar-refractivity contribution >= 4 is 0 Å². The molecule has 2 N–H and O–H groups in total. The van der Waals surface area contributed by atoms with Crippen LogP contribution in [0.2, 0.25) is 0 Å². The summed E-state index contributed by atoms with van der Waals surface area (Å²) in [6.45, 7) is 3.19. The van der Waals surface area contributed by atoms with Crippen molar-refractivity contribution in [1.82, 2.24) is 0 Å². The van der Waals surface area contributed by atoms with Gasteiger partial charge in [-0.3, -0.25) is 0 Å². The first-order valence-corrected chi connectivity index (χ1v) is 5.12. The molecule has 0 aromatic carbocycles. The van der Waals surface area contributed by atoms with E-state index < -0.39 is 0 Å². The minimum absolute atomic E-state index is 0.423. The summed E-state index contributed by atoms with van der Waals surface area (Å²) in [6, 6.07) is 0. The highest BCUT2D eigenvalue weighted by molar-refractivity contribution is 4.86. The van der Waals surface area contributed by atoms with Crippen LogP contribution in [0.5, 0.6) is 0 Å². The molecule has 1 nitrogen and oxygen atoms in total. The summed E-state index contributed by atoms with van der Waals surface area (Å²) in [5.74, 6) is 0. The summed E-state index contributed by atoms with van der Waals surface area (Å²) in [5, 5.41) is 0. The maximum Gasteiger partial charge on any atom is -0.00232 e. The monoisotopic (exact) mass is 167 g/mol. The Balaban J connectivity index is 2.44. The van der Waals surface area contributed by atoms with Crippen molar-refractivity contribution in [2.75, 3.05) is 6.54 Å². The molecule has 0 bridgehead atoms. The Hall–Kier alpha value is -0.300. The summed E-state index contributed by atoms with van der Waals surface area (Å²) < 4.78 is 0. The Morgan fingerprint density at radius 3 is 2.08 bits per heavy atom. The maximum atomic E-state index is 5.79. The molecule has 0 fully saturated rings. The predicted molar refractivity (Wildman–Crippen MR) is 54.0 cm³/mol. The zero-order valence-corrected chi connectivity index (χ0v) is 8.18. The standard InChI is InChI=1S/C11H21N/c1-11(10-12)8-6-4-2-3-5-7-9-11/h2-3H,4-10,12H2,1H3/b3-2+. The van der Waals surface area contributed by atoms with Gasteiger partial charge in [0.2, 0.25) is 0 Å². The Morgan fingerprint density at radius 2 is 1.67 bits per heavy atom. The second kappa shape index (κ2) is 4.66. The molecule has 0 atom stereocenters. The van der Waals surface area contributed by atoms with Gasteiger partial charge in [-0.15, -0.1) is 0 Å². The van der Waals surface area contributed by atoms with Crippen LogP contribution < -0.4 is 5.73 Å². The Kier molecular flexibility index (Phi) is 3.80. The fraction of sp³-hybridized carbons (Fsp3) is 0.818. The molecule has 12 heavy (non-hydrogen) atoms. The van der Waals surface area contributed by atoms with Gasteiger partial charge in [0.1, 0.15) is 0 Å². The highest BCUT2D eigenvalue weighted by Gasteiger charge is 2.21. The molecule has 0 unspecified atom stereocenters. The largest absolute Gasteiger partial charge is 0.330 e. The van der Waals surface area contributed by atoms with Crippen LogP contribution in [0.1, 0.15) is 45.4 Å². The average molecular weight is 167 g/mol. The van der Waals surface area contributed by atoms with Crippen molar-refractivity contribution in [3.8, 4) is 0 Å². The van der Waals surface area contributed by atoms with E-state index in [1.54, 1.807) is 0 Å². The van der Waals surface area contributed by atoms with Crippen molar-refractivity contribution in [3.63, 3.8) is 0 Å². The van der Waals surface area contributed by atoms with Gasteiger partial charge in [-0.2, -0.15) is 0 Å². The molecule has 0 heterocycles. The fourth-order valence-electron chi connectivity index (χ4n) is 1.86. The molecule has 1 aliphatic rings. The van der Waals surface area contributed by atoms with Crippen LogP contribution in [0.15, 0.2) is 12.2 Å². The molecule has 0 saturated heterocycles. The van der Waals surface area contributed by atoms with Crippen LogP contribution in [-0.4, -0.2) is 6.54 Å². The van der Waals surface area contributed by atoms with E-state index >= 15 is 0 Å². The van der Waals surface area contributed by atoms with Gasteiger partial charge < -0.3 is 5.73 Å². The van der Waals surface area contributed by atoms with E-state index in [2.05, 4.69) is 19.1 Å². The van der Waals surface area contributed by atoms with Gasteiger partial charge in [0.15, 0.2) is 0 Å². The van der Waals surface area contributed by atoms with Gasteiger partial charge in [0.05, 0.1) is 0 Å². The van der Waals surface area contributed by atoms with E-state index in [0.717, 1.165) is 6.54 Å². The summed E-state index contributed by atoms with van der Waals surface area (Å²) in [6.07, 6.45) is 12.4. The highest BCUT2D eigenvalue weighted by atomic mass is 14.6. The minimum Gasteiger partial charge on any atom is -0.330 e. The normalized spacial score (nSPS) is 26.8. The third-order valence-corrected chi connectivity index (χ3v) is 2.96. The van der Waals surface area contributed by atoms with E-state index in [9.17, 15) is 0 Å². The van der Waals surface area contributed by atoms with Gasteiger partial charge >= 0.3 is 0 Å². The van der Waals surface area contributed by atoms with E-state index in [1.807, 2.05) is 0 Å². The summed E-state index contributed by atoms with van der Waals surface area (Å²) in [5.41, 5.74) is 6.21. The third kappa shape index (κ3) is 2.98. The zero-order valence-electron chi connectivity index (χ0n) is 8.18. The fourth-order valence-corrected chi connectivity index (χ4v) is 1.86. The van der Waals surface area contributed by atoms with Crippen LogP contribution in [0.3, 0.4) is 0 Å². The molecule has 0 saturated carbocycles. The molecule has 70 valence electrons. The van der Waals surface area contributed by atoms with Crippen molar-refractivity contribution in [3.05, 3.63) is 12.2 Å². The molecular formula is C11H21N. The van der Waals surface area contributed by atoms with Crippen LogP contribution in [0.25, 0.3) is 0 Å². The first-order valence-electron chi connectivity index (χ1n) is 5.12. The summed E-state index contributed by atoms with van der Waals surface area (Å²) in [4.78, 5) is 0. The maximum absolute atomic E-state index is 5.79. The Morgan fingerprint density at radius 1 is 1.17 bits per heavy atom. The lowest BCUT2D eigenvalue weighted by molar-refractivity contribution is 0.272. The lowest BCUT2D eigenvalue weighted by atomic mass is 9.81. The molecule has 0 aromatic heterocycles. The molecule has 0 amide bonds. The smallest absolute Gasteiger partial charge is 0.00232 e. The van der Waals surface area contributed by atoms with Gasteiger partial charge in [-0.1, -0.05) is 19.1 Å². The SMILES string of the molecule is CC1(CN)CCC/C=C/CCC1. The van der Waals surface area contributed by atoms with Gasteiger partial charge in [-0.25, -0.2) is 0 Å². The average Bonchev–Trinajstić information content (AvgIpc) is 2.18. The molecule has 0 aromatic rings. The second-order valence-corrected chi connectivity index (χ2v) is 4.27. The highest BCUT2D eigenvalue weighted by Crippen LogP contribution is 2.30. The number of hydrogen-bond donors (Lipinski definition) is 1. The quantitative estimate of drug-likeness (QED) is 0.597. The van der Waals surface area contributed by atoms with Crippen LogP contribution in [0.4, 0.5) is 0 Å². The van der Waals surface area contributed by atoms with E-state index in [0.29, 0.717) is 5.41 Å². The van der Waals surface area contributed by atoms with Crippen molar-refractivity contribution in [1.29, 1.82) is 0 Å². The molecular weight excluding hydrogens is 146 g/mol.